The summed E-state index contributed by atoms with van der Waals surface area (Å²) in [5, 5.41) is 3.59. The molecule has 23 heavy (non-hydrogen) atoms. The maximum atomic E-state index is 12.2. The van der Waals surface area contributed by atoms with Crippen molar-refractivity contribution >= 4 is 23.2 Å². The van der Waals surface area contributed by atoms with Gasteiger partial charge in [0.1, 0.15) is 5.75 Å². The summed E-state index contributed by atoms with van der Waals surface area (Å²) in [5.41, 5.74) is 3.87. The number of hydrogen-bond donors (Lipinski definition) is 1. The Morgan fingerprint density at radius 2 is 1.74 bits per heavy atom. The van der Waals surface area contributed by atoms with Gasteiger partial charge in [0, 0.05) is 10.7 Å². The van der Waals surface area contributed by atoms with Gasteiger partial charge in [0.05, 0.1) is 0 Å². The molecule has 0 saturated heterocycles. The van der Waals surface area contributed by atoms with E-state index in [1.54, 1.807) is 6.92 Å². The van der Waals surface area contributed by atoms with Gasteiger partial charge in [0.2, 0.25) is 0 Å². The standard InChI is InChI=1S/C19H22ClNO2/c1-5-15-6-8-16(9-7-15)21-19(22)14(4)23-17-10-12(2)18(20)13(3)11-17/h6-11,14H,5H2,1-4H3,(H,21,22). The van der Waals surface area contributed by atoms with Crippen LogP contribution >= 0.6 is 11.6 Å². The fourth-order valence-electron chi connectivity index (χ4n) is 2.30. The predicted molar refractivity (Wildman–Crippen MR) is 95.5 cm³/mol. The van der Waals surface area contributed by atoms with Gasteiger partial charge in [-0.3, -0.25) is 4.79 Å². The van der Waals surface area contributed by atoms with Gasteiger partial charge in [-0.05, 0) is 68.1 Å². The number of carbonyl (C=O) groups excluding carboxylic acids is 1. The summed E-state index contributed by atoms with van der Waals surface area (Å²) in [7, 11) is 0. The molecule has 2 aromatic carbocycles. The summed E-state index contributed by atoms with van der Waals surface area (Å²) in [6, 6.07) is 11.5. The minimum Gasteiger partial charge on any atom is -0.481 e. The molecule has 0 aromatic heterocycles. The van der Waals surface area contributed by atoms with E-state index in [0.29, 0.717) is 5.75 Å². The molecule has 2 rings (SSSR count). The van der Waals surface area contributed by atoms with E-state index in [0.717, 1.165) is 28.3 Å². The molecule has 122 valence electrons. The molecule has 0 fully saturated rings. The van der Waals surface area contributed by atoms with Crippen LogP contribution in [0.4, 0.5) is 5.69 Å². The van der Waals surface area contributed by atoms with E-state index in [9.17, 15) is 4.79 Å². The number of aryl methyl sites for hydroxylation is 3. The summed E-state index contributed by atoms with van der Waals surface area (Å²) in [6.45, 7) is 7.67. The van der Waals surface area contributed by atoms with Crippen LogP contribution in [0.3, 0.4) is 0 Å². The number of amides is 1. The second-order valence-corrected chi connectivity index (χ2v) is 6.05. The molecule has 4 heteroatoms. The predicted octanol–water partition coefficient (Wildman–Crippen LogP) is 4.93. The van der Waals surface area contributed by atoms with Crippen molar-refractivity contribution in [2.45, 2.75) is 40.2 Å². The molecule has 0 aliphatic heterocycles. The topological polar surface area (TPSA) is 38.3 Å². The Bertz CT molecular complexity index is 672. The monoisotopic (exact) mass is 331 g/mol. The Hall–Kier alpha value is -2.00. The largest absolute Gasteiger partial charge is 0.481 e. The van der Waals surface area contributed by atoms with Gasteiger partial charge in [-0.15, -0.1) is 0 Å². The van der Waals surface area contributed by atoms with Gasteiger partial charge in [-0.1, -0.05) is 30.7 Å². The van der Waals surface area contributed by atoms with Gasteiger partial charge in [0.25, 0.3) is 5.91 Å². The number of carbonyl (C=O) groups is 1. The van der Waals surface area contributed by atoms with Crippen molar-refractivity contribution in [1.82, 2.24) is 0 Å². The molecule has 0 aliphatic rings. The van der Waals surface area contributed by atoms with Crippen LogP contribution in [0.1, 0.15) is 30.5 Å². The molecule has 2 aromatic rings. The van der Waals surface area contributed by atoms with Crippen molar-refractivity contribution in [3.8, 4) is 5.75 Å². The molecule has 0 aliphatic carbocycles. The zero-order chi connectivity index (χ0) is 17.0. The number of benzene rings is 2. The number of anilines is 1. The van der Waals surface area contributed by atoms with Crippen molar-refractivity contribution < 1.29 is 9.53 Å². The number of nitrogens with one attached hydrogen (secondary N) is 1. The second kappa shape index (κ2) is 7.51. The van der Waals surface area contributed by atoms with Crippen molar-refractivity contribution in [2.75, 3.05) is 5.32 Å². The molecular weight excluding hydrogens is 310 g/mol. The first-order valence-corrected chi connectivity index (χ1v) is 8.11. The molecule has 1 amide bonds. The van der Waals surface area contributed by atoms with Gasteiger partial charge in [-0.25, -0.2) is 0 Å². The van der Waals surface area contributed by atoms with Crippen LogP contribution < -0.4 is 10.1 Å². The minimum absolute atomic E-state index is 0.181. The Morgan fingerprint density at radius 3 is 2.26 bits per heavy atom. The lowest BCUT2D eigenvalue weighted by Crippen LogP contribution is -2.30. The van der Waals surface area contributed by atoms with Gasteiger partial charge in [0.15, 0.2) is 6.10 Å². The zero-order valence-electron chi connectivity index (χ0n) is 13.9. The summed E-state index contributed by atoms with van der Waals surface area (Å²) in [5.74, 6) is 0.466. The first-order chi connectivity index (χ1) is 10.9. The maximum absolute atomic E-state index is 12.2. The van der Waals surface area contributed by atoms with E-state index in [1.165, 1.54) is 5.56 Å². The quantitative estimate of drug-likeness (QED) is 0.844. The van der Waals surface area contributed by atoms with Crippen molar-refractivity contribution in [3.63, 3.8) is 0 Å². The van der Waals surface area contributed by atoms with Gasteiger partial charge < -0.3 is 10.1 Å². The fraction of sp³-hybridized carbons (Fsp3) is 0.316. The van der Waals surface area contributed by atoms with E-state index in [-0.39, 0.29) is 5.91 Å². The molecule has 1 atom stereocenters. The van der Waals surface area contributed by atoms with Crippen LogP contribution in [0.5, 0.6) is 5.75 Å². The molecule has 0 bridgehead atoms. The van der Waals surface area contributed by atoms with Crippen LogP contribution in [-0.4, -0.2) is 12.0 Å². The molecule has 0 spiro atoms. The van der Waals surface area contributed by atoms with Crippen LogP contribution in [0.2, 0.25) is 5.02 Å². The average Bonchev–Trinajstić information content (AvgIpc) is 2.53. The van der Waals surface area contributed by atoms with Crippen LogP contribution in [0, 0.1) is 13.8 Å². The third kappa shape index (κ3) is 4.49. The van der Waals surface area contributed by atoms with Crippen LogP contribution in [-0.2, 0) is 11.2 Å². The van der Waals surface area contributed by atoms with Crippen LogP contribution in [0.25, 0.3) is 0 Å². The molecule has 0 radical (unpaired) electrons. The first-order valence-electron chi connectivity index (χ1n) is 7.74. The fourth-order valence-corrected chi connectivity index (χ4v) is 2.41. The number of rotatable bonds is 5. The van der Waals surface area contributed by atoms with E-state index in [2.05, 4.69) is 12.2 Å². The Balaban J connectivity index is 2.02. The smallest absolute Gasteiger partial charge is 0.265 e. The van der Waals surface area contributed by atoms with Gasteiger partial charge in [-0.2, -0.15) is 0 Å². The number of hydrogen-bond acceptors (Lipinski definition) is 2. The summed E-state index contributed by atoms with van der Waals surface area (Å²) in [6.07, 6.45) is 0.379. The summed E-state index contributed by atoms with van der Waals surface area (Å²) < 4.78 is 5.74. The van der Waals surface area contributed by atoms with E-state index in [1.807, 2.05) is 50.2 Å². The zero-order valence-corrected chi connectivity index (χ0v) is 14.7. The van der Waals surface area contributed by atoms with Crippen molar-refractivity contribution in [3.05, 3.63) is 58.1 Å². The highest BCUT2D eigenvalue weighted by Crippen LogP contribution is 2.26. The maximum Gasteiger partial charge on any atom is 0.265 e. The lowest BCUT2D eigenvalue weighted by Gasteiger charge is -2.16. The molecule has 0 heterocycles. The summed E-state index contributed by atoms with van der Waals surface area (Å²) >= 11 is 6.15. The third-order valence-corrected chi connectivity index (χ3v) is 4.32. The van der Waals surface area contributed by atoms with Crippen molar-refractivity contribution in [1.29, 1.82) is 0 Å². The number of ether oxygens (including phenoxy) is 1. The Labute approximate surface area is 142 Å². The van der Waals surface area contributed by atoms with E-state index in [4.69, 9.17) is 16.3 Å². The Morgan fingerprint density at radius 1 is 1.17 bits per heavy atom. The SMILES string of the molecule is CCc1ccc(NC(=O)C(C)Oc2cc(C)c(Cl)c(C)c2)cc1. The molecule has 1 N–H and O–H groups in total. The average molecular weight is 332 g/mol. The second-order valence-electron chi connectivity index (χ2n) is 5.67. The highest BCUT2D eigenvalue weighted by molar-refractivity contribution is 6.32. The minimum atomic E-state index is -0.596. The highest BCUT2D eigenvalue weighted by Gasteiger charge is 2.16. The lowest BCUT2D eigenvalue weighted by atomic mass is 10.1. The first kappa shape index (κ1) is 17.4. The van der Waals surface area contributed by atoms with Gasteiger partial charge >= 0.3 is 0 Å². The third-order valence-electron chi connectivity index (χ3n) is 3.72. The molecular formula is C19H22ClNO2. The normalized spacial score (nSPS) is 11.9. The Kier molecular flexibility index (Phi) is 5.67. The van der Waals surface area contributed by atoms with Crippen molar-refractivity contribution in [2.24, 2.45) is 0 Å². The number of halogens is 1. The van der Waals surface area contributed by atoms with E-state index < -0.39 is 6.10 Å². The highest BCUT2D eigenvalue weighted by atomic mass is 35.5. The molecule has 0 saturated carbocycles. The molecule has 3 nitrogen and oxygen atoms in total. The molecule has 1 unspecified atom stereocenters. The lowest BCUT2D eigenvalue weighted by molar-refractivity contribution is -0.122. The van der Waals surface area contributed by atoms with Crippen LogP contribution in [0.15, 0.2) is 36.4 Å². The van der Waals surface area contributed by atoms with E-state index >= 15 is 0 Å². The summed E-state index contributed by atoms with van der Waals surface area (Å²) in [4.78, 5) is 12.2.